The van der Waals surface area contributed by atoms with E-state index in [1.165, 1.54) is 6.21 Å². The Balaban J connectivity index is 1.93. The quantitative estimate of drug-likeness (QED) is 0.551. The standard InChI is InChI=1S/C19H19Cl2N3O2/c1-12(2)9-18(25)23-16-7-4-13(5-8-16)19(26)24-22-11-14-3-6-15(20)10-17(14)21/h3-8,10-12H,9H2,1-2H3,(H,23,25)(H,24,26)/b22-11+. The monoisotopic (exact) mass is 391 g/mol. The van der Waals surface area contributed by atoms with Crippen molar-refractivity contribution in [3.63, 3.8) is 0 Å². The van der Waals surface area contributed by atoms with Gasteiger partial charge in [0.2, 0.25) is 5.91 Å². The molecule has 2 N–H and O–H groups in total. The van der Waals surface area contributed by atoms with E-state index in [1.807, 2.05) is 13.8 Å². The van der Waals surface area contributed by atoms with Crippen LogP contribution in [0.4, 0.5) is 5.69 Å². The van der Waals surface area contributed by atoms with E-state index in [0.29, 0.717) is 33.3 Å². The summed E-state index contributed by atoms with van der Waals surface area (Å²) < 4.78 is 0. The number of hydrazone groups is 1. The van der Waals surface area contributed by atoms with Crippen LogP contribution in [0.2, 0.25) is 10.0 Å². The number of hydrogen-bond donors (Lipinski definition) is 2. The zero-order valence-corrected chi connectivity index (χ0v) is 15.9. The lowest BCUT2D eigenvalue weighted by Crippen LogP contribution is -2.18. The van der Waals surface area contributed by atoms with Gasteiger partial charge in [0.25, 0.3) is 5.91 Å². The summed E-state index contributed by atoms with van der Waals surface area (Å²) in [4.78, 5) is 23.8. The number of benzene rings is 2. The van der Waals surface area contributed by atoms with Crippen LogP contribution in [0.1, 0.15) is 36.2 Å². The Hall–Kier alpha value is -2.37. The summed E-state index contributed by atoms with van der Waals surface area (Å²) in [7, 11) is 0. The van der Waals surface area contributed by atoms with Crippen LogP contribution in [-0.4, -0.2) is 18.0 Å². The molecule has 2 rings (SSSR count). The highest BCUT2D eigenvalue weighted by atomic mass is 35.5. The minimum atomic E-state index is -0.369. The SMILES string of the molecule is CC(C)CC(=O)Nc1ccc(C(=O)N/N=C/c2ccc(Cl)cc2Cl)cc1. The number of nitrogens with one attached hydrogen (secondary N) is 2. The molecule has 2 aromatic rings. The van der Waals surface area contributed by atoms with Gasteiger partial charge in [0.15, 0.2) is 0 Å². The zero-order chi connectivity index (χ0) is 19.1. The van der Waals surface area contributed by atoms with E-state index in [9.17, 15) is 9.59 Å². The van der Waals surface area contributed by atoms with Crippen molar-refractivity contribution >= 4 is 46.9 Å². The molecule has 0 spiro atoms. The number of rotatable bonds is 6. The van der Waals surface area contributed by atoms with Crippen molar-refractivity contribution in [3.8, 4) is 0 Å². The molecule has 0 aliphatic rings. The van der Waals surface area contributed by atoms with E-state index >= 15 is 0 Å². The van der Waals surface area contributed by atoms with Gasteiger partial charge in [-0.25, -0.2) is 5.43 Å². The molecule has 5 nitrogen and oxygen atoms in total. The van der Waals surface area contributed by atoms with Crippen molar-refractivity contribution in [1.82, 2.24) is 5.43 Å². The van der Waals surface area contributed by atoms with Crippen molar-refractivity contribution < 1.29 is 9.59 Å². The van der Waals surface area contributed by atoms with E-state index in [1.54, 1.807) is 42.5 Å². The molecule has 2 aromatic carbocycles. The lowest BCUT2D eigenvalue weighted by atomic mass is 10.1. The summed E-state index contributed by atoms with van der Waals surface area (Å²) in [5, 5.41) is 7.65. The van der Waals surface area contributed by atoms with Crippen LogP contribution in [0.25, 0.3) is 0 Å². The second-order valence-electron chi connectivity index (χ2n) is 6.09. The first-order valence-corrected chi connectivity index (χ1v) is 8.79. The zero-order valence-electron chi connectivity index (χ0n) is 14.4. The fraction of sp³-hybridized carbons (Fsp3) is 0.211. The molecule has 7 heteroatoms. The van der Waals surface area contributed by atoms with Crippen molar-refractivity contribution in [1.29, 1.82) is 0 Å². The summed E-state index contributed by atoms with van der Waals surface area (Å²) >= 11 is 11.9. The molecule has 0 aliphatic carbocycles. The molecule has 0 unspecified atom stereocenters. The highest BCUT2D eigenvalue weighted by Gasteiger charge is 2.07. The van der Waals surface area contributed by atoms with Gasteiger partial charge in [0.05, 0.1) is 11.2 Å². The molecule has 0 saturated heterocycles. The Morgan fingerprint density at radius 3 is 2.42 bits per heavy atom. The van der Waals surface area contributed by atoms with Crippen LogP contribution < -0.4 is 10.7 Å². The van der Waals surface area contributed by atoms with Crippen LogP contribution in [-0.2, 0) is 4.79 Å². The molecule has 0 aliphatic heterocycles. The molecule has 0 aromatic heterocycles. The maximum atomic E-state index is 12.1. The van der Waals surface area contributed by atoms with Gasteiger partial charge in [-0.3, -0.25) is 9.59 Å². The van der Waals surface area contributed by atoms with Crippen LogP contribution >= 0.6 is 23.2 Å². The normalized spacial score (nSPS) is 11.0. The molecule has 0 fully saturated rings. The van der Waals surface area contributed by atoms with E-state index in [0.717, 1.165) is 0 Å². The number of halogens is 2. The number of amides is 2. The van der Waals surface area contributed by atoms with Crippen molar-refractivity contribution in [2.45, 2.75) is 20.3 Å². The minimum absolute atomic E-state index is 0.0540. The topological polar surface area (TPSA) is 70.6 Å². The number of hydrogen-bond acceptors (Lipinski definition) is 3. The van der Waals surface area contributed by atoms with E-state index in [-0.39, 0.29) is 17.7 Å². The molecule has 0 heterocycles. The van der Waals surface area contributed by atoms with Gasteiger partial charge >= 0.3 is 0 Å². The molecular weight excluding hydrogens is 373 g/mol. The third-order valence-corrected chi connectivity index (χ3v) is 3.92. The first-order valence-electron chi connectivity index (χ1n) is 8.03. The van der Waals surface area contributed by atoms with Gasteiger partial charge in [0, 0.05) is 28.3 Å². The van der Waals surface area contributed by atoms with Gasteiger partial charge in [-0.1, -0.05) is 43.1 Å². The Bertz CT molecular complexity index is 818. The summed E-state index contributed by atoms with van der Waals surface area (Å²) in [6.07, 6.45) is 1.89. The minimum Gasteiger partial charge on any atom is -0.326 e. The fourth-order valence-corrected chi connectivity index (χ4v) is 2.58. The van der Waals surface area contributed by atoms with Crippen LogP contribution in [0.5, 0.6) is 0 Å². The van der Waals surface area contributed by atoms with Crippen LogP contribution in [0.3, 0.4) is 0 Å². The molecule has 136 valence electrons. The number of carbonyl (C=O) groups is 2. The summed E-state index contributed by atoms with van der Waals surface area (Å²) in [5.41, 5.74) is 4.13. The van der Waals surface area contributed by atoms with Crippen LogP contribution in [0.15, 0.2) is 47.6 Å². The largest absolute Gasteiger partial charge is 0.326 e. The van der Waals surface area contributed by atoms with Crippen molar-refractivity contribution in [3.05, 3.63) is 63.6 Å². The summed E-state index contributed by atoms with van der Waals surface area (Å²) in [6, 6.07) is 11.6. The molecule has 0 saturated carbocycles. The number of carbonyl (C=O) groups excluding carboxylic acids is 2. The van der Waals surface area contributed by atoms with Gasteiger partial charge < -0.3 is 5.32 Å². The maximum absolute atomic E-state index is 12.1. The predicted molar refractivity (Wildman–Crippen MR) is 106 cm³/mol. The van der Waals surface area contributed by atoms with Gasteiger partial charge in [-0.2, -0.15) is 5.10 Å². The molecule has 2 amide bonds. The molecule has 26 heavy (non-hydrogen) atoms. The lowest BCUT2D eigenvalue weighted by Gasteiger charge is -2.07. The molecular formula is C19H19Cl2N3O2. The third-order valence-electron chi connectivity index (χ3n) is 3.36. The number of nitrogens with zero attached hydrogens (tertiary/aromatic N) is 1. The fourth-order valence-electron chi connectivity index (χ4n) is 2.12. The predicted octanol–water partition coefficient (Wildman–Crippen LogP) is 4.74. The summed E-state index contributed by atoms with van der Waals surface area (Å²) in [5.74, 6) is -0.139. The van der Waals surface area contributed by atoms with Crippen molar-refractivity contribution in [2.24, 2.45) is 11.0 Å². The third kappa shape index (κ3) is 6.17. The van der Waals surface area contributed by atoms with E-state index < -0.39 is 0 Å². The van der Waals surface area contributed by atoms with Gasteiger partial charge in [-0.05, 0) is 42.3 Å². The van der Waals surface area contributed by atoms with Gasteiger partial charge in [0.1, 0.15) is 0 Å². The first-order chi connectivity index (χ1) is 12.3. The average Bonchev–Trinajstić information content (AvgIpc) is 2.56. The Morgan fingerprint density at radius 2 is 1.81 bits per heavy atom. The first kappa shape index (κ1) is 19.9. The highest BCUT2D eigenvalue weighted by Crippen LogP contribution is 2.19. The highest BCUT2D eigenvalue weighted by molar-refractivity contribution is 6.36. The van der Waals surface area contributed by atoms with Crippen LogP contribution in [0, 0.1) is 5.92 Å². The molecule has 0 radical (unpaired) electrons. The average molecular weight is 392 g/mol. The Kier molecular flexibility index (Phi) is 7.18. The Labute approximate surface area is 162 Å². The molecule has 0 atom stereocenters. The van der Waals surface area contributed by atoms with E-state index in [2.05, 4.69) is 15.8 Å². The van der Waals surface area contributed by atoms with Crippen molar-refractivity contribution in [2.75, 3.05) is 5.32 Å². The molecule has 0 bridgehead atoms. The Morgan fingerprint density at radius 1 is 1.12 bits per heavy atom. The second kappa shape index (κ2) is 9.36. The summed E-state index contributed by atoms with van der Waals surface area (Å²) in [6.45, 7) is 3.95. The lowest BCUT2D eigenvalue weighted by molar-refractivity contribution is -0.116. The maximum Gasteiger partial charge on any atom is 0.271 e. The smallest absolute Gasteiger partial charge is 0.271 e. The number of anilines is 1. The van der Waals surface area contributed by atoms with Gasteiger partial charge in [-0.15, -0.1) is 0 Å². The second-order valence-corrected chi connectivity index (χ2v) is 6.93. The van der Waals surface area contributed by atoms with E-state index in [4.69, 9.17) is 23.2 Å².